The molecule has 0 bridgehead atoms. The Morgan fingerprint density at radius 1 is 1.29 bits per heavy atom. The summed E-state index contributed by atoms with van der Waals surface area (Å²) in [6, 6.07) is 2.73. The maximum Gasteiger partial charge on any atom is 0.0410 e. The highest BCUT2D eigenvalue weighted by molar-refractivity contribution is 9.10. The summed E-state index contributed by atoms with van der Waals surface area (Å²) in [6.07, 6.45) is 11.5. The van der Waals surface area contributed by atoms with Gasteiger partial charge in [0.15, 0.2) is 0 Å². The molecule has 2 heterocycles. The summed E-state index contributed by atoms with van der Waals surface area (Å²) in [5.74, 6) is 0.822. The van der Waals surface area contributed by atoms with Crippen LogP contribution in [0.2, 0.25) is 0 Å². The smallest absolute Gasteiger partial charge is 0.0410 e. The SMILES string of the molecule is Brc1cncc(C2=CCC[C@@H]3CCCN[C@H]23)c1. The van der Waals surface area contributed by atoms with E-state index in [-0.39, 0.29) is 0 Å². The van der Waals surface area contributed by atoms with Gasteiger partial charge in [0.1, 0.15) is 0 Å². The van der Waals surface area contributed by atoms with Gasteiger partial charge in [-0.3, -0.25) is 4.98 Å². The molecule has 0 radical (unpaired) electrons. The van der Waals surface area contributed by atoms with Gasteiger partial charge in [-0.05, 0) is 71.3 Å². The largest absolute Gasteiger partial charge is 0.310 e. The Morgan fingerprint density at radius 3 is 3.12 bits per heavy atom. The number of hydrogen-bond donors (Lipinski definition) is 1. The molecule has 90 valence electrons. The van der Waals surface area contributed by atoms with Crippen molar-refractivity contribution in [1.29, 1.82) is 0 Å². The first kappa shape index (κ1) is 11.4. The zero-order chi connectivity index (χ0) is 11.7. The van der Waals surface area contributed by atoms with Gasteiger partial charge in [0.05, 0.1) is 0 Å². The van der Waals surface area contributed by atoms with Crippen molar-refractivity contribution in [3.63, 3.8) is 0 Å². The second-order valence-corrected chi connectivity index (χ2v) is 5.88. The van der Waals surface area contributed by atoms with E-state index in [0.29, 0.717) is 6.04 Å². The number of piperidine rings is 1. The lowest BCUT2D eigenvalue weighted by Gasteiger charge is -2.37. The molecular formula is C14H17BrN2. The molecule has 1 fully saturated rings. The maximum absolute atomic E-state index is 4.28. The predicted octanol–water partition coefficient (Wildman–Crippen LogP) is 3.39. The number of fused-ring (bicyclic) bond motifs is 1. The molecule has 1 saturated heterocycles. The third-order valence-corrected chi connectivity index (χ3v) is 4.30. The van der Waals surface area contributed by atoms with E-state index in [9.17, 15) is 0 Å². The molecule has 1 aliphatic carbocycles. The van der Waals surface area contributed by atoms with Crippen LogP contribution in [0, 0.1) is 5.92 Å². The van der Waals surface area contributed by atoms with Gasteiger partial charge in [0, 0.05) is 22.9 Å². The van der Waals surface area contributed by atoms with Crippen molar-refractivity contribution in [2.45, 2.75) is 31.7 Å². The van der Waals surface area contributed by atoms with Crippen LogP contribution in [0.5, 0.6) is 0 Å². The van der Waals surface area contributed by atoms with Crippen LogP contribution in [0.25, 0.3) is 5.57 Å². The molecule has 1 N–H and O–H groups in total. The Kier molecular flexibility index (Phi) is 3.30. The summed E-state index contributed by atoms with van der Waals surface area (Å²) in [5.41, 5.74) is 2.72. The third kappa shape index (κ3) is 2.31. The van der Waals surface area contributed by atoms with E-state index in [2.05, 4.69) is 38.4 Å². The fraction of sp³-hybridized carbons (Fsp3) is 0.500. The van der Waals surface area contributed by atoms with Crippen molar-refractivity contribution in [2.24, 2.45) is 5.92 Å². The van der Waals surface area contributed by atoms with Crippen molar-refractivity contribution in [1.82, 2.24) is 10.3 Å². The standard InChI is InChI=1S/C14H17BrN2/c15-12-7-11(8-16-9-12)13-5-1-3-10-4-2-6-17-14(10)13/h5,7-10,14,17H,1-4,6H2/t10-,14+/m1/s1. The lowest BCUT2D eigenvalue weighted by molar-refractivity contribution is 0.304. The molecule has 17 heavy (non-hydrogen) atoms. The van der Waals surface area contributed by atoms with Gasteiger partial charge in [-0.25, -0.2) is 0 Å². The number of aromatic nitrogens is 1. The molecule has 0 saturated carbocycles. The van der Waals surface area contributed by atoms with E-state index in [4.69, 9.17) is 0 Å². The van der Waals surface area contributed by atoms with Crippen LogP contribution in [0.15, 0.2) is 29.0 Å². The summed E-state index contributed by atoms with van der Waals surface area (Å²) >= 11 is 3.51. The van der Waals surface area contributed by atoms with E-state index in [1.54, 1.807) is 0 Å². The molecule has 0 unspecified atom stereocenters. The molecule has 0 aromatic carbocycles. The van der Waals surface area contributed by atoms with E-state index in [1.165, 1.54) is 36.8 Å². The minimum absolute atomic E-state index is 0.550. The molecule has 2 atom stereocenters. The van der Waals surface area contributed by atoms with Crippen LogP contribution in [-0.4, -0.2) is 17.6 Å². The van der Waals surface area contributed by atoms with Gasteiger partial charge < -0.3 is 5.32 Å². The van der Waals surface area contributed by atoms with Gasteiger partial charge in [0.2, 0.25) is 0 Å². The molecule has 3 heteroatoms. The Balaban J connectivity index is 1.93. The molecule has 2 aliphatic rings. The summed E-state index contributed by atoms with van der Waals surface area (Å²) in [4.78, 5) is 4.28. The highest BCUT2D eigenvalue weighted by atomic mass is 79.9. The van der Waals surface area contributed by atoms with Gasteiger partial charge in [-0.15, -0.1) is 0 Å². The summed E-state index contributed by atoms with van der Waals surface area (Å²) in [7, 11) is 0. The maximum atomic E-state index is 4.28. The molecule has 1 aromatic rings. The summed E-state index contributed by atoms with van der Waals surface area (Å²) < 4.78 is 1.06. The highest BCUT2D eigenvalue weighted by Crippen LogP contribution is 2.36. The van der Waals surface area contributed by atoms with Crippen LogP contribution < -0.4 is 5.32 Å². The van der Waals surface area contributed by atoms with Crippen LogP contribution in [0.4, 0.5) is 0 Å². The number of nitrogens with zero attached hydrogens (tertiary/aromatic N) is 1. The fourth-order valence-electron chi connectivity index (χ4n) is 3.08. The third-order valence-electron chi connectivity index (χ3n) is 3.86. The number of nitrogens with one attached hydrogen (secondary N) is 1. The normalized spacial score (nSPS) is 28.4. The lowest BCUT2D eigenvalue weighted by Crippen LogP contribution is -2.43. The average Bonchev–Trinajstić information content (AvgIpc) is 2.38. The summed E-state index contributed by atoms with van der Waals surface area (Å²) in [6.45, 7) is 1.15. The Morgan fingerprint density at radius 2 is 2.24 bits per heavy atom. The topological polar surface area (TPSA) is 24.9 Å². The number of allylic oxidation sites excluding steroid dienone is 1. The second-order valence-electron chi connectivity index (χ2n) is 4.96. The monoisotopic (exact) mass is 292 g/mol. The number of halogens is 1. The van der Waals surface area contributed by atoms with E-state index >= 15 is 0 Å². The van der Waals surface area contributed by atoms with Gasteiger partial charge in [-0.1, -0.05) is 6.08 Å². The lowest BCUT2D eigenvalue weighted by atomic mass is 9.77. The molecule has 3 rings (SSSR count). The second kappa shape index (κ2) is 4.91. The van der Waals surface area contributed by atoms with Crippen LogP contribution in [-0.2, 0) is 0 Å². The van der Waals surface area contributed by atoms with E-state index in [0.717, 1.165) is 16.9 Å². The van der Waals surface area contributed by atoms with Crippen LogP contribution in [0.1, 0.15) is 31.2 Å². The number of hydrogen-bond acceptors (Lipinski definition) is 2. The molecular weight excluding hydrogens is 276 g/mol. The predicted molar refractivity (Wildman–Crippen MR) is 73.7 cm³/mol. The first-order valence-electron chi connectivity index (χ1n) is 6.39. The molecule has 0 amide bonds. The number of rotatable bonds is 1. The van der Waals surface area contributed by atoms with Gasteiger partial charge >= 0.3 is 0 Å². The molecule has 0 spiro atoms. The first-order valence-corrected chi connectivity index (χ1v) is 7.18. The number of pyridine rings is 1. The summed E-state index contributed by atoms with van der Waals surface area (Å²) in [5, 5.41) is 3.68. The Hall–Kier alpha value is -0.670. The Labute approximate surface area is 111 Å². The fourth-order valence-corrected chi connectivity index (χ4v) is 3.44. The van der Waals surface area contributed by atoms with Crippen molar-refractivity contribution in [3.8, 4) is 0 Å². The molecule has 1 aromatic heterocycles. The minimum Gasteiger partial charge on any atom is -0.310 e. The first-order chi connectivity index (χ1) is 8.34. The van der Waals surface area contributed by atoms with Crippen molar-refractivity contribution >= 4 is 21.5 Å². The molecule has 2 nitrogen and oxygen atoms in total. The average molecular weight is 293 g/mol. The van der Waals surface area contributed by atoms with Crippen molar-refractivity contribution in [2.75, 3.05) is 6.54 Å². The molecule has 1 aliphatic heterocycles. The van der Waals surface area contributed by atoms with E-state index < -0.39 is 0 Å². The quantitative estimate of drug-likeness (QED) is 0.858. The Bertz CT molecular complexity index is 442. The van der Waals surface area contributed by atoms with Gasteiger partial charge in [-0.2, -0.15) is 0 Å². The van der Waals surface area contributed by atoms with Gasteiger partial charge in [0.25, 0.3) is 0 Å². The van der Waals surface area contributed by atoms with Crippen molar-refractivity contribution < 1.29 is 0 Å². The van der Waals surface area contributed by atoms with Crippen molar-refractivity contribution in [3.05, 3.63) is 34.6 Å². The zero-order valence-corrected chi connectivity index (χ0v) is 11.4. The minimum atomic E-state index is 0.550. The van der Waals surface area contributed by atoms with Crippen LogP contribution in [0.3, 0.4) is 0 Å². The zero-order valence-electron chi connectivity index (χ0n) is 9.82. The highest BCUT2D eigenvalue weighted by Gasteiger charge is 2.30. The van der Waals surface area contributed by atoms with Crippen LogP contribution >= 0.6 is 15.9 Å². The van der Waals surface area contributed by atoms with E-state index in [1.807, 2.05) is 12.4 Å².